The average molecular weight is 361 g/mol. The molecule has 2 aliphatic heterocycles. The van der Waals surface area contributed by atoms with Crippen molar-refractivity contribution in [3.63, 3.8) is 0 Å². The number of likely N-dealkylation sites (tertiary alicyclic amines) is 1. The standard InChI is InChI=1S/C20H19N5O2/c1-11-18-15(20(27)25-7-6-13-9-21-10-17(13)25)8-16(22-19(18)24-23-11)12-2-4-14(26)5-3-12/h2-5,8,10,13,21,26H,6-7,9H2,1H3,(H,22,23,24). The number of rotatable bonds is 2. The van der Waals surface area contributed by atoms with Crippen LogP contribution in [0.4, 0.5) is 0 Å². The van der Waals surface area contributed by atoms with Crippen LogP contribution in [0, 0.1) is 12.8 Å². The predicted octanol–water partition coefficient (Wildman–Crippen LogP) is 2.55. The zero-order chi connectivity index (χ0) is 18.5. The number of carbonyl (C=O) groups is 1. The Morgan fingerprint density at radius 1 is 1.30 bits per heavy atom. The van der Waals surface area contributed by atoms with E-state index in [-0.39, 0.29) is 11.7 Å². The van der Waals surface area contributed by atoms with Crippen molar-refractivity contribution in [1.29, 1.82) is 0 Å². The summed E-state index contributed by atoms with van der Waals surface area (Å²) in [5, 5.41) is 20.8. The van der Waals surface area contributed by atoms with Crippen molar-refractivity contribution < 1.29 is 9.90 Å². The molecule has 4 heterocycles. The molecule has 1 fully saturated rings. The number of pyridine rings is 1. The lowest BCUT2D eigenvalue weighted by Crippen LogP contribution is -2.27. The number of aromatic hydroxyl groups is 1. The fourth-order valence-electron chi connectivity index (χ4n) is 3.98. The van der Waals surface area contributed by atoms with Crippen LogP contribution in [0.1, 0.15) is 22.5 Å². The van der Waals surface area contributed by atoms with Crippen molar-refractivity contribution in [2.45, 2.75) is 13.3 Å². The summed E-state index contributed by atoms with van der Waals surface area (Å²) in [6.07, 6.45) is 2.94. The first-order valence-corrected chi connectivity index (χ1v) is 9.02. The lowest BCUT2D eigenvalue weighted by atomic mass is 10.0. The van der Waals surface area contributed by atoms with Crippen LogP contribution in [-0.4, -0.2) is 44.2 Å². The molecule has 0 spiro atoms. The molecule has 0 bridgehead atoms. The number of amides is 1. The predicted molar refractivity (Wildman–Crippen MR) is 101 cm³/mol. The Bertz CT molecular complexity index is 1080. The summed E-state index contributed by atoms with van der Waals surface area (Å²) in [4.78, 5) is 19.9. The highest BCUT2D eigenvalue weighted by Crippen LogP contribution is 2.34. The molecule has 0 aliphatic carbocycles. The van der Waals surface area contributed by atoms with Crippen LogP contribution in [0.15, 0.2) is 42.2 Å². The van der Waals surface area contributed by atoms with E-state index >= 15 is 0 Å². The Kier molecular flexibility index (Phi) is 3.43. The number of aryl methyl sites for hydroxylation is 1. The molecule has 3 aromatic rings. The van der Waals surface area contributed by atoms with Crippen LogP contribution in [0.25, 0.3) is 22.3 Å². The number of fused-ring (bicyclic) bond motifs is 2. The van der Waals surface area contributed by atoms with E-state index in [9.17, 15) is 9.90 Å². The Morgan fingerprint density at radius 3 is 2.93 bits per heavy atom. The third-order valence-corrected chi connectivity index (χ3v) is 5.39. The van der Waals surface area contributed by atoms with Gasteiger partial charge in [-0.05, 0) is 43.7 Å². The Hall–Kier alpha value is -3.35. The summed E-state index contributed by atoms with van der Waals surface area (Å²) < 4.78 is 0. The molecule has 7 nitrogen and oxygen atoms in total. The van der Waals surface area contributed by atoms with Crippen LogP contribution in [0.2, 0.25) is 0 Å². The first kappa shape index (κ1) is 15.9. The van der Waals surface area contributed by atoms with E-state index in [2.05, 4.69) is 20.5 Å². The molecule has 2 aliphatic rings. The minimum atomic E-state index is -0.0237. The fraction of sp³-hybridized carbons (Fsp3) is 0.250. The molecule has 0 saturated carbocycles. The van der Waals surface area contributed by atoms with Crippen LogP contribution in [0.5, 0.6) is 5.75 Å². The van der Waals surface area contributed by atoms with Gasteiger partial charge in [-0.25, -0.2) is 4.98 Å². The number of H-pyrrole nitrogens is 1. The number of carbonyl (C=O) groups excluding carboxylic acids is 1. The van der Waals surface area contributed by atoms with Crippen molar-refractivity contribution >= 4 is 16.9 Å². The number of aromatic amines is 1. The first-order chi connectivity index (χ1) is 13.1. The zero-order valence-electron chi connectivity index (χ0n) is 14.9. The largest absolute Gasteiger partial charge is 0.508 e. The fourth-order valence-corrected chi connectivity index (χ4v) is 3.98. The lowest BCUT2D eigenvalue weighted by molar-refractivity contribution is 0.0826. The van der Waals surface area contributed by atoms with Crippen molar-refractivity contribution in [2.24, 2.45) is 5.92 Å². The van der Waals surface area contributed by atoms with Crippen molar-refractivity contribution in [3.8, 4) is 17.0 Å². The molecule has 2 aromatic heterocycles. The van der Waals surface area contributed by atoms with Crippen molar-refractivity contribution in [3.05, 3.63) is 53.5 Å². The van der Waals surface area contributed by atoms with Gasteiger partial charge < -0.3 is 15.3 Å². The average Bonchev–Trinajstić information content (AvgIpc) is 3.37. The maximum atomic E-state index is 13.4. The highest BCUT2D eigenvalue weighted by molar-refractivity contribution is 6.08. The lowest BCUT2D eigenvalue weighted by Gasteiger charge is -2.18. The van der Waals surface area contributed by atoms with Gasteiger partial charge in [0.25, 0.3) is 5.91 Å². The summed E-state index contributed by atoms with van der Waals surface area (Å²) in [6, 6.07) is 8.62. The Balaban J connectivity index is 1.65. The molecule has 3 N–H and O–H groups in total. The van der Waals surface area contributed by atoms with E-state index in [1.165, 1.54) is 0 Å². The number of nitrogens with zero attached hydrogens (tertiary/aromatic N) is 3. The molecular formula is C20H19N5O2. The smallest absolute Gasteiger partial charge is 0.258 e. The molecule has 1 unspecified atom stereocenters. The quantitative estimate of drug-likeness (QED) is 0.652. The van der Waals surface area contributed by atoms with Crippen LogP contribution >= 0.6 is 0 Å². The van der Waals surface area contributed by atoms with Gasteiger partial charge in [0, 0.05) is 42.2 Å². The highest BCUT2D eigenvalue weighted by Gasteiger charge is 2.35. The Labute approximate surface area is 155 Å². The summed E-state index contributed by atoms with van der Waals surface area (Å²) in [5.41, 5.74) is 4.50. The normalized spacial score (nSPS) is 18.5. The van der Waals surface area contributed by atoms with Gasteiger partial charge in [-0.3, -0.25) is 9.89 Å². The van der Waals surface area contributed by atoms with Gasteiger partial charge in [0.2, 0.25) is 0 Å². The summed E-state index contributed by atoms with van der Waals surface area (Å²) >= 11 is 0. The third-order valence-electron chi connectivity index (χ3n) is 5.39. The monoisotopic (exact) mass is 361 g/mol. The topological polar surface area (TPSA) is 94.1 Å². The van der Waals surface area contributed by atoms with E-state index in [0.717, 1.165) is 41.9 Å². The van der Waals surface area contributed by atoms with Crippen molar-refractivity contribution in [2.75, 3.05) is 13.1 Å². The minimum Gasteiger partial charge on any atom is -0.508 e. The molecule has 0 radical (unpaired) electrons. The van der Waals surface area contributed by atoms with E-state index in [0.29, 0.717) is 22.8 Å². The molecule has 136 valence electrons. The number of benzene rings is 1. The zero-order valence-corrected chi connectivity index (χ0v) is 14.9. The maximum Gasteiger partial charge on any atom is 0.258 e. The van der Waals surface area contributed by atoms with Gasteiger partial charge in [0.1, 0.15) is 5.75 Å². The van der Waals surface area contributed by atoms with E-state index in [1.54, 1.807) is 24.3 Å². The molecule has 1 saturated heterocycles. The number of hydrogen-bond donors (Lipinski definition) is 3. The number of aromatic nitrogens is 3. The molecule has 1 atom stereocenters. The van der Waals surface area contributed by atoms with Crippen molar-refractivity contribution in [1.82, 2.24) is 25.4 Å². The highest BCUT2D eigenvalue weighted by atomic mass is 16.3. The first-order valence-electron chi connectivity index (χ1n) is 9.02. The maximum absolute atomic E-state index is 13.4. The van der Waals surface area contributed by atoms with E-state index < -0.39 is 0 Å². The number of nitrogens with one attached hydrogen (secondary N) is 2. The molecule has 1 amide bonds. The Morgan fingerprint density at radius 2 is 2.11 bits per heavy atom. The van der Waals surface area contributed by atoms with Gasteiger partial charge in [-0.1, -0.05) is 0 Å². The van der Waals surface area contributed by atoms with Crippen LogP contribution in [0.3, 0.4) is 0 Å². The second-order valence-corrected chi connectivity index (χ2v) is 7.07. The van der Waals surface area contributed by atoms with Crippen LogP contribution in [-0.2, 0) is 0 Å². The molecular weight excluding hydrogens is 342 g/mol. The molecule has 5 rings (SSSR count). The SMILES string of the molecule is Cc1[nH]nc2nc(-c3ccc(O)cc3)cc(C(=O)N3CCC4CNC=C43)c12. The molecule has 1 aromatic carbocycles. The molecule has 27 heavy (non-hydrogen) atoms. The van der Waals surface area contributed by atoms with Gasteiger partial charge in [0.15, 0.2) is 5.65 Å². The van der Waals surface area contributed by atoms with E-state index in [4.69, 9.17) is 0 Å². The van der Waals surface area contributed by atoms with E-state index in [1.807, 2.05) is 24.1 Å². The number of hydrogen-bond acceptors (Lipinski definition) is 5. The van der Waals surface area contributed by atoms with Gasteiger partial charge >= 0.3 is 0 Å². The summed E-state index contributed by atoms with van der Waals surface area (Å²) in [6.45, 7) is 3.53. The molecule has 7 heteroatoms. The number of phenolic OH excluding ortho intramolecular Hbond substituents is 1. The minimum absolute atomic E-state index is 0.0237. The third kappa shape index (κ3) is 2.46. The second-order valence-electron chi connectivity index (χ2n) is 7.07. The summed E-state index contributed by atoms with van der Waals surface area (Å²) in [7, 11) is 0. The second kappa shape index (κ2) is 5.84. The van der Waals surface area contributed by atoms with Gasteiger partial charge in [-0.15, -0.1) is 0 Å². The van der Waals surface area contributed by atoms with Crippen LogP contribution < -0.4 is 5.32 Å². The summed E-state index contributed by atoms with van der Waals surface area (Å²) in [5.74, 6) is 0.577. The van der Waals surface area contributed by atoms with Gasteiger partial charge in [0.05, 0.1) is 16.6 Å². The van der Waals surface area contributed by atoms with Gasteiger partial charge in [-0.2, -0.15) is 5.10 Å². The number of phenols is 1.